The van der Waals surface area contributed by atoms with Gasteiger partial charge in [0.1, 0.15) is 0 Å². The van der Waals surface area contributed by atoms with Crippen LogP contribution in [-0.2, 0) is 10.0 Å². The topological polar surface area (TPSA) is 115 Å². The van der Waals surface area contributed by atoms with Gasteiger partial charge in [-0.3, -0.25) is 4.79 Å². The number of carbonyl (C=O) groups is 1. The molecule has 0 radical (unpaired) electrons. The molecule has 1 amide bonds. The van der Waals surface area contributed by atoms with Gasteiger partial charge < -0.3 is 11.1 Å². The lowest BCUT2D eigenvalue weighted by molar-refractivity contribution is 0.0945. The van der Waals surface area contributed by atoms with Crippen LogP contribution in [0.25, 0.3) is 0 Å². The minimum absolute atomic E-state index is 0.0796. The Morgan fingerprint density at radius 1 is 1.40 bits per heavy atom. The van der Waals surface area contributed by atoms with Crippen LogP contribution in [0.4, 0.5) is 0 Å². The fraction of sp³-hybridized carbons (Fsp3) is 0.417. The van der Waals surface area contributed by atoms with E-state index < -0.39 is 21.5 Å². The number of halogens is 1. The third-order valence-corrected chi connectivity index (χ3v) is 4.08. The second kappa shape index (κ2) is 5.80. The van der Waals surface area contributed by atoms with Gasteiger partial charge in [0.05, 0.1) is 4.90 Å². The Kier molecular flexibility index (Phi) is 4.96. The Morgan fingerprint density at radius 2 is 1.95 bits per heavy atom. The molecule has 0 bridgehead atoms. The second-order valence-corrected chi connectivity index (χ2v) is 7.74. The van der Waals surface area contributed by atoms with Crippen molar-refractivity contribution in [2.75, 3.05) is 6.54 Å². The van der Waals surface area contributed by atoms with Crippen LogP contribution in [0.1, 0.15) is 29.8 Å². The van der Waals surface area contributed by atoms with Crippen LogP contribution in [0.3, 0.4) is 0 Å². The summed E-state index contributed by atoms with van der Waals surface area (Å²) in [4.78, 5) is 12.0. The van der Waals surface area contributed by atoms with Gasteiger partial charge >= 0.3 is 0 Å². The number of nitrogens with one attached hydrogen (secondary N) is 1. The molecule has 8 heteroatoms. The van der Waals surface area contributed by atoms with Gasteiger partial charge in [-0.2, -0.15) is 0 Å². The molecule has 0 atom stereocenters. The van der Waals surface area contributed by atoms with Crippen LogP contribution < -0.4 is 16.2 Å². The highest BCUT2D eigenvalue weighted by atomic mass is 79.9. The lowest BCUT2D eigenvalue weighted by Gasteiger charge is -2.19. The van der Waals surface area contributed by atoms with Crippen molar-refractivity contribution in [3.8, 4) is 0 Å². The van der Waals surface area contributed by atoms with Gasteiger partial charge in [0.2, 0.25) is 10.0 Å². The summed E-state index contributed by atoms with van der Waals surface area (Å²) in [6.07, 6.45) is 0. The summed E-state index contributed by atoms with van der Waals surface area (Å²) in [5.74, 6) is -0.396. The van der Waals surface area contributed by atoms with Crippen LogP contribution in [0.2, 0.25) is 0 Å². The van der Waals surface area contributed by atoms with E-state index in [9.17, 15) is 13.2 Å². The van der Waals surface area contributed by atoms with Crippen molar-refractivity contribution in [2.45, 2.75) is 31.2 Å². The van der Waals surface area contributed by atoms with Crippen molar-refractivity contribution in [2.24, 2.45) is 10.9 Å². The molecule has 1 rings (SSSR count). The smallest absolute Gasteiger partial charge is 0.251 e. The molecule has 0 aromatic heterocycles. The number of benzene rings is 1. The first-order chi connectivity index (χ1) is 8.92. The molecular weight excluding hydrogens is 346 g/mol. The highest BCUT2D eigenvalue weighted by Gasteiger charge is 2.20. The summed E-state index contributed by atoms with van der Waals surface area (Å²) in [5.41, 5.74) is 5.78. The number of primary sulfonamides is 1. The van der Waals surface area contributed by atoms with Gasteiger partial charge in [-0.1, -0.05) is 15.9 Å². The van der Waals surface area contributed by atoms with E-state index in [0.29, 0.717) is 10.0 Å². The number of hydrogen-bond acceptors (Lipinski definition) is 4. The quantitative estimate of drug-likeness (QED) is 0.735. The van der Waals surface area contributed by atoms with Gasteiger partial charge in [-0.05, 0) is 38.5 Å². The predicted octanol–water partition coefficient (Wildman–Crippen LogP) is 0.872. The standard InChI is InChI=1S/C12H18BrN3O3S/c1-7-9(11(17)16-6-12(2,3)14)4-8(13)5-10(7)20(15,18)19/h4-5H,6,14H2,1-3H3,(H,16,17)(H2,15,18,19). The summed E-state index contributed by atoms with van der Waals surface area (Å²) in [6, 6.07) is 2.91. The van der Waals surface area contributed by atoms with Crippen LogP contribution in [0, 0.1) is 6.92 Å². The molecule has 0 heterocycles. The van der Waals surface area contributed by atoms with Crippen LogP contribution >= 0.6 is 15.9 Å². The van der Waals surface area contributed by atoms with Gasteiger partial charge in [0.25, 0.3) is 5.91 Å². The zero-order valence-corrected chi connectivity index (χ0v) is 13.9. The van der Waals surface area contributed by atoms with Crippen molar-refractivity contribution < 1.29 is 13.2 Å². The molecule has 0 spiro atoms. The molecule has 0 saturated carbocycles. The van der Waals surface area contributed by atoms with E-state index in [1.807, 2.05) is 0 Å². The number of carbonyl (C=O) groups excluding carboxylic acids is 1. The maximum absolute atomic E-state index is 12.1. The molecule has 20 heavy (non-hydrogen) atoms. The predicted molar refractivity (Wildman–Crippen MR) is 80.9 cm³/mol. The third kappa shape index (κ3) is 4.55. The van der Waals surface area contributed by atoms with Crippen molar-refractivity contribution in [3.63, 3.8) is 0 Å². The van der Waals surface area contributed by atoms with Crippen molar-refractivity contribution in [1.29, 1.82) is 0 Å². The van der Waals surface area contributed by atoms with Crippen LogP contribution in [0.5, 0.6) is 0 Å². The number of hydrogen-bond donors (Lipinski definition) is 3. The van der Waals surface area contributed by atoms with Crippen molar-refractivity contribution >= 4 is 31.9 Å². The van der Waals surface area contributed by atoms with Gasteiger partial charge in [0.15, 0.2) is 0 Å². The minimum atomic E-state index is -3.89. The fourth-order valence-electron chi connectivity index (χ4n) is 1.59. The monoisotopic (exact) mass is 363 g/mol. The average molecular weight is 364 g/mol. The molecule has 1 aromatic carbocycles. The molecule has 6 nitrogen and oxygen atoms in total. The van der Waals surface area contributed by atoms with E-state index in [1.165, 1.54) is 13.0 Å². The Balaban J connectivity index is 3.20. The first-order valence-corrected chi connectivity index (χ1v) is 8.16. The minimum Gasteiger partial charge on any atom is -0.350 e. The van der Waals surface area contributed by atoms with E-state index >= 15 is 0 Å². The van der Waals surface area contributed by atoms with Crippen LogP contribution in [0.15, 0.2) is 21.5 Å². The molecule has 1 aromatic rings. The maximum atomic E-state index is 12.1. The molecule has 0 unspecified atom stereocenters. The summed E-state index contributed by atoms with van der Waals surface area (Å²) < 4.78 is 23.5. The lowest BCUT2D eigenvalue weighted by Crippen LogP contribution is -2.45. The third-order valence-electron chi connectivity index (χ3n) is 2.58. The first kappa shape index (κ1) is 17.1. The molecule has 112 valence electrons. The largest absolute Gasteiger partial charge is 0.350 e. The van der Waals surface area contributed by atoms with Gasteiger partial charge in [-0.25, -0.2) is 13.6 Å². The first-order valence-electron chi connectivity index (χ1n) is 5.82. The van der Waals surface area contributed by atoms with E-state index in [0.717, 1.165) is 0 Å². The lowest BCUT2D eigenvalue weighted by atomic mass is 10.1. The molecule has 0 aliphatic carbocycles. The molecule has 0 aliphatic rings. The normalized spacial score (nSPS) is 12.3. The molecule has 0 aliphatic heterocycles. The molecule has 5 N–H and O–H groups in total. The summed E-state index contributed by atoms with van der Waals surface area (Å²) in [5, 5.41) is 7.80. The van der Waals surface area contributed by atoms with E-state index in [1.54, 1.807) is 19.9 Å². The highest BCUT2D eigenvalue weighted by Crippen LogP contribution is 2.24. The summed E-state index contributed by atoms with van der Waals surface area (Å²) in [6.45, 7) is 5.35. The highest BCUT2D eigenvalue weighted by molar-refractivity contribution is 9.10. The summed E-state index contributed by atoms with van der Waals surface area (Å²) >= 11 is 3.17. The van der Waals surface area contributed by atoms with E-state index in [4.69, 9.17) is 10.9 Å². The Bertz CT molecular complexity index is 636. The van der Waals surface area contributed by atoms with E-state index in [-0.39, 0.29) is 17.0 Å². The van der Waals surface area contributed by atoms with E-state index in [2.05, 4.69) is 21.2 Å². The zero-order valence-electron chi connectivity index (χ0n) is 11.5. The molecular formula is C12H18BrN3O3S. The van der Waals surface area contributed by atoms with Crippen molar-refractivity contribution in [3.05, 3.63) is 27.7 Å². The van der Waals surface area contributed by atoms with Gasteiger partial charge in [0, 0.05) is 22.1 Å². The zero-order chi connectivity index (χ0) is 15.7. The molecule has 0 fully saturated rings. The second-order valence-electron chi connectivity index (χ2n) is 5.29. The number of rotatable bonds is 4. The number of amides is 1. The Morgan fingerprint density at radius 3 is 2.40 bits per heavy atom. The Hall–Kier alpha value is -0.960. The molecule has 0 saturated heterocycles. The maximum Gasteiger partial charge on any atom is 0.251 e. The number of nitrogens with two attached hydrogens (primary N) is 2. The fourth-order valence-corrected chi connectivity index (χ4v) is 3.03. The van der Waals surface area contributed by atoms with Crippen LogP contribution in [-0.4, -0.2) is 26.4 Å². The van der Waals surface area contributed by atoms with Gasteiger partial charge in [-0.15, -0.1) is 0 Å². The number of sulfonamides is 1. The van der Waals surface area contributed by atoms with Crippen molar-refractivity contribution in [1.82, 2.24) is 5.32 Å². The summed E-state index contributed by atoms with van der Waals surface area (Å²) in [7, 11) is -3.89. The SMILES string of the molecule is Cc1c(C(=O)NCC(C)(C)N)cc(Br)cc1S(N)(=O)=O. The Labute approximate surface area is 127 Å². The average Bonchev–Trinajstić information content (AvgIpc) is 2.26.